The smallest absolute Gasteiger partial charge is 0.449 e. The van der Waals surface area contributed by atoms with E-state index in [9.17, 15) is 18.0 Å². The fourth-order valence-corrected chi connectivity index (χ4v) is 3.90. The Kier molecular flexibility index (Phi) is 6.31. The van der Waals surface area contributed by atoms with Gasteiger partial charge in [0.25, 0.3) is 5.91 Å². The van der Waals surface area contributed by atoms with Crippen molar-refractivity contribution in [3.63, 3.8) is 0 Å². The lowest BCUT2D eigenvalue weighted by Crippen LogP contribution is -2.33. The van der Waals surface area contributed by atoms with Crippen molar-refractivity contribution in [1.82, 2.24) is 19.4 Å². The summed E-state index contributed by atoms with van der Waals surface area (Å²) in [5.74, 6) is -0.968. The van der Waals surface area contributed by atoms with Crippen LogP contribution in [0.15, 0.2) is 36.7 Å². The maximum Gasteiger partial charge on any atom is 0.449 e. The molecule has 0 unspecified atom stereocenters. The number of likely N-dealkylation sites (tertiary alicyclic amines) is 1. The van der Waals surface area contributed by atoms with E-state index in [0.29, 0.717) is 18.0 Å². The Morgan fingerprint density at radius 1 is 1.12 bits per heavy atom. The number of aromatic nitrogens is 3. The number of nitrogens with one attached hydrogen (secondary N) is 1. The number of imidazole rings is 1. The number of nitrogens with zero attached hydrogens (tertiary/aromatic N) is 4. The average molecular weight is 447 g/mol. The summed E-state index contributed by atoms with van der Waals surface area (Å²) in [5.41, 5.74) is 0.580. The number of fused-ring (bicyclic) bond motifs is 1. The standard InChI is InChI=1S/C22H24F3N5O2/c1-29-19-17(13-26-14-18(19)28-21(29)22(23,24)25)20(31)27-15-5-7-16(8-6-15)32-12-11-30-9-3-2-4-10-30/h5-8,13-14H,2-4,9-12H2,1H3,(H,27,31). The summed E-state index contributed by atoms with van der Waals surface area (Å²) in [6, 6.07) is 6.87. The number of hydrogen-bond donors (Lipinski definition) is 1. The molecule has 1 aliphatic rings. The first-order valence-corrected chi connectivity index (χ1v) is 10.5. The number of rotatable bonds is 6. The molecule has 1 aromatic carbocycles. The number of anilines is 1. The molecule has 0 radical (unpaired) electrons. The molecular formula is C22H24F3N5O2. The van der Waals surface area contributed by atoms with Crippen LogP contribution in [0.25, 0.3) is 11.0 Å². The van der Waals surface area contributed by atoms with Gasteiger partial charge in [0.05, 0.1) is 17.3 Å². The van der Waals surface area contributed by atoms with E-state index in [0.717, 1.165) is 24.2 Å². The highest BCUT2D eigenvalue weighted by molar-refractivity contribution is 6.11. The Morgan fingerprint density at radius 2 is 1.84 bits per heavy atom. The van der Waals surface area contributed by atoms with Crippen LogP contribution >= 0.6 is 0 Å². The normalized spacial score (nSPS) is 15.1. The van der Waals surface area contributed by atoms with Crippen molar-refractivity contribution in [2.24, 2.45) is 7.05 Å². The number of alkyl halides is 3. The molecule has 1 aliphatic heterocycles. The lowest BCUT2D eigenvalue weighted by molar-refractivity contribution is -0.146. The van der Waals surface area contributed by atoms with Crippen LogP contribution in [0.5, 0.6) is 5.75 Å². The van der Waals surface area contributed by atoms with Gasteiger partial charge in [0.15, 0.2) is 0 Å². The largest absolute Gasteiger partial charge is 0.492 e. The molecule has 0 bridgehead atoms. The Labute approximate surface area is 183 Å². The molecule has 170 valence electrons. The van der Waals surface area contributed by atoms with Crippen molar-refractivity contribution in [1.29, 1.82) is 0 Å². The van der Waals surface area contributed by atoms with Gasteiger partial charge < -0.3 is 14.6 Å². The third-order valence-corrected chi connectivity index (χ3v) is 5.51. The van der Waals surface area contributed by atoms with Crippen molar-refractivity contribution in [3.8, 4) is 5.75 Å². The van der Waals surface area contributed by atoms with Crippen LogP contribution in [0.3, 0.4) is 0 Å². The summed E-state index contributed by atoms with van der Waals surface area (Å²) < 4.78 is 46.2. The van der Waals surface area contributed by atoms with Gasteiger partial charge in [-0.25, -0.2) is 4.98 Å². The molecule has 1 saturated heterocycles. The number of piperidine rings is 1. The molecule has 1 fully saturated rings. The van der Waals surface area contributed by atoms with Gasteiger partial charge >= 0.3 is 6.18 Å². The van der Waals surface area contributed by atoms with Crippen molar-refractivity contribution in [3.05, 3.63) is 48.0 Å². The van der Waals surface area contributed by atoms with Gasteiger partial charge in [0, 0.05) is 25.5 Å². The van der Waals surface area contributed by atoms with E-state index in [2.05, 4.69) is 20.2 Å². The Bertz CT molecular complexity index is 1090. The fourth-order valence-electron chi connectivity index (χ4n) is 3.90. The lowest BCUT2D eigenvalue weighted by Gasteiger charge is -2.26. The molecular weight excluding hydrogens is 423 g/mol. The second-order valence-corrected chi connectivity index (χ2v) is 7.78. The van der Waals surface area contributed by atoms with Gasteiger partial charge in [-0.3, -0.25) is 14.7 Å². The first-order valence-electron chi connectivity index (χ1n) is 10.5. The zero-order valence-corrected chi connectivity index (χ0v) is 17.7. The molecule has 7 nitrogen and oxygen atoms in total. The minimum absolute atomic E-state index is 0.00456. The van der Waals surface area contributed by atoms with Gasteiger partial charge in [-0.15, -0.1) is 0 Å². The van der Waals surface area contributed by atoms with Crippen LogP contribution in [-0.2, 0) is 13.2 Å². The summed E-state index contributed by atoms with van der Waals surface area (Å²) in [6.45, 7) is 3.68. The third kappa shape index (κ3) is 4.85. The van der Waals surface area contributed by atoms with Crippen molar-refractivity contribution < 1.29 is 22.7 Å². The second-order valence-electron chi connectivity index (χ2n) is 7.78. The van der Waals surface area contributed by atoms with Crippen LogP contribution in [0, 0.1) is 0 Å². The number of carbonyl (C=O) groups excluding carboxylic acids is 1. The fraction of sp³-hybridized carbons (Fsp3) is 0.409. The summed E-state index contributed by atoms with van der Waals surface area (Å²) >= 11 is 0. The molecule has 1 amide bonds. The van der Waals surface area contributed by atoms with E-state index in [1.165, 1.54) is 38.7 Å². The molecule has 4 rings (SSSR count). The van der Waals surface area contributed by atoms with E-state index < -0.39 is 17.9 Å². The molecule has 0 aliphatic carbocycles. The quantitative estimate of drug-likeness (QED) is 0.616. The van der Waals surface area contributed by atoms with Gasteiger partial charge in [0.2, 0.25) is 5.82 Å². The number of carbonyl (C=O) groups is 1. The SMILES string of the molecule is Cn1c(C(F)(F)F)nc2cncc(C(=O)Nc3ccc(OCCN4CCCCC4)cc3)c21. The van der Waals surface area contributed by atoms with Crippen molar-refractivity contribution in [2.75, 3.05) is 31.6 Å². The molecule has 2 aromatic heterocycles. The summed E-state index contributed by atoms with van der Waals surface area (Å²) in [7, 11) is 1.23. The van der Waals surface area contributed by atoms with Gasteiger partial charge in [0.1, 0.15) is 17.9 Å². The molecule has 10 heteroatoms. The second kappa shape index (κ2) is 9.15. The van der Waals surface area contributed by atoms with E-state index in [1.54, 1.807) is 24.3 Å². The molecule has 3 heterocycles. The van der Waals surface area contributed by atoms with Crippen molar-refractivity contribution in [2.45, 2.75) is 25.4 Å². The van der Waals surface area contributed by atoms with Gasteiger partial charge in [-0.1, -0.05) is 6.42 Å². The van der Waals surface area contributed by atoms with E-state index in [4.69, 9.17) is 4.74 Å². The molecule has 32 heavy (non-hydrogen) atoms. The van der Waals surface area contributed by atoms with E-state index in [-0.39, 0.29) is 16.6 Å². The highest BCUT2D eigenvalue weighted by Crippen LogP contribution is 2.31. The lowest BCUT2D eigenvalue weighted by atomic mass is 10.1. The van der Waals surface area contributed by atoms with Crippen LogP contribution < -0.4 is 10.1 Å². The maximum absolute atomic E-state index is 13.2. The first-order chi connectivity index (χ1) is 15.3. The number of hydrogen-bond acceptors (Lipinski definition) is 5. The third-order valence-electron chi connectivity index (χ3n) is 5.51. The van der Waals surface area contributed by atoms with Crippen LogP contribution in [0.2, 0.25) is 0 Å². The topological polar surface area (TPSA) is 72.3 Å². The molecule has 1 N–H and O–H groups in total. The minimum atomic E-state index is -4.63. The highest BCUT2D eigenvalue weighted by Gasteiger charge is 2.37. The molecule has 0 atom stereocenters. The van der Waals surface area contributed by atoms with Crippen molar-refractivity contribution >= 4 is 22.6 Å². The van der Waals surface area contributed by atoms with Gasteiger partial charge in [-0.2, -0.15) is 13.2 Å². The Morgan fingerprint density at radius 3 is 2.53 bits per heavy atom. The minimum Gasteiger partial charge on any atom is -0.492 e. The number of amides is 1. The Hall–Kier alpha value is -3.14. The maximum atomic E-state index is 13.2. The number of ether oxygens (including phenoxy) is 1. The predicted octanol–water partition coefficient (Wildman–Crippen LogP) is 4.10. The monoisotopic (exact) mass is 447 g/mol. The molecule has 0 saturated carbocycles. The van der Waals surface area contributed by atoms with E-state index in [1.807, 2.05) is 0 Å². The Balaban J connectivity index is 1.41. The predicted molar refractivity (Wildman–Crippen MR) is 114 cm³/mol. The van der Waals surface area contributed by atoms with Crippen LogP contribution in [-0.4, -0.2) is 51.6 Å². The molecule has 0 spiro atoms. The number of benzene rings is 1. The molecule has 3 aromatic rings. The summed E-state index contributed by atoms with van der Waals surface area (Å²) in [5, 5.41) is 2.70. The van der Waals surface area contributed by atoms with Crippen LogP contribution in [0.1, 0.15) is 35.4 Å². The van der Waals surface area contributed by atoms with Gasteiger partial charge in [-0.05, 0) is 50.2 Å². The number of halogens is 3. The highest BCUT2D eigenvalue weighted by atomic mass is 19.4. The first kappa shape index (κ1) is 22.1. The van der Waals surface area contributed by atoms with E-state index >= 15 is 0 Å². The zero-order valence-electron chi connectivity index (χ0n) is 17.7. The number of pyridine rings is 1. The summed E-state index contributed by atoms with van der Waals surface area (Å²) in [6.07, 6.45) is 1.56. The zero-order chi connectivity index (χ0) is 22.7. The van der Waals surface area contributed by atoms with Crippen LogP contribution in [0.4, 0.5) is 18.9 Å². The number of aryl methyl sites for hydroxylation is 1. The average Bonchev–Trinajstić information content (AvgIpc) is 3.13. The summed E-state index contributed by atoms with van der Waals surface area (Å²) in [4.78, 5) is 22.6.